The largest absolute Gasteiger partial charge is 0.461 e. The minimum absolute atomic E-state index is 0.109. The summed E-state index contributed by atoms with van der Waals surface area (Å²) >= 11 is 0. The quantitative estimate of drug-likeness (QED) is 0.635. The lowest BCUT2D eigenvalue weighted by Gasteiger charge is -2.11. The molecule has 1 rings (SSSR count). The molecular formula is C10H14N2O4. The Labute approximate surface area is 92.1 Å². The summed E-state index contributed by atoms with van der Waals surface area (Å²) in [5, 5.41) is 0. The third-order valence-corrected chi connectivity index (χ3v) is 2.50. The first-order chi connectivity index (χ1) is 7.36. The van der Waals surface area contributed by atoms with Gasteiger partial charge < -0.3 is 9.30 Å². The maximum atomic E-state index is 11.7. The van der Waals surface area contributed by atoms with Crippen LogP contribution in [0.5, 0.6) is 0 Å². The number of hydrogen-bond acceptors (Lipinski definition) is 4. The fourth-order valence-corrected chi connectivity index (χ4v) is 1.35. The third-order valence-electron chi connectivity index (χ3n) is 2.50. The molecule has 1 heterocycles. The van der Waals surface area contributed by atoms with Crippen LogP contribution >= 0.6 is 0 Å². The van der Waals surface area contributed by atoms with Crippen LogP contribution in [0.2, 0.25) is 0 Å². The number of ether oxygens (including phenoxy) is 1. The van der Waals surface area contributed by atoms with Gasteiger partial charge in [0, 0.05) is 26.7 Å². The van der Waals surface area contributed by atoms with Gasteiger partial charge in [-0.15, -0.1) is 0 Å². The van der Waals surface area contributed by atoms with Gasteiger partial charge in [0.1, 0.15) is 6.61 Å². The van der Waals surface area contributed by atoms with Crippen LogP contribution in [0.3, 0.4) is 0 Å². The number of nitrogens with zero attached hydrogens (tertiary/aromatic N) is 2. The molecule has 0 N–H and O–H groups in total. The molecule has 0 aliphatic carbocycles. The summed E-state index contributed by atoms with van der Waals surface area (Å²) in [5.41, 5.74) is 0.00470. The Kier molecular flexibility index (Phi) is 3.31. The van der Waals surface area contributed by atoms with Crippen LogP contribution in [0.25, 0.3) is 0 Å². The van der Waals surface area contributed by atoms with Crippen molar-refractivity contribution in [1.29, 1.82) is 0 Å². The van der Waals surface area contributed by atoms with E-state index in [1.165, 1.54) is 18.5 Å². The zero-order valence-corrected chi connectivity index (χ0v) is 9.73. The highest BCUT2D eigenvalue weighted by atomic mass is 16.5. The summed E-state index contributed by atoms with van der Waals surface area (Å²) in [6.45, 7) is 2.80. The molecule has 6 heteroatoms. The number of carbonyl (C=O) groups is 1. The summed E-state index contributed by atoms with van der Waals surface area (Å²) in [5.74, 6) is -0.463. The maximum absolute atomic E-state index is 11.7. The molecule has 0 saturated carbocycles. The van der Waals surface area contributed by atoms with Crippen molar-refractivity contribution >= 4 is 5.97 Å². The Hall–Kier alpha value is -1.85. The van der Waals surface area contributed by atoms with Crippen LogP contribution in [-0.2, 0) is 30.2 Å². The van der Waals surface area contributed by atoms with E-state index in [1.807, 2.05) is 0 Å². The molecule has 0 bridgehead atoms. The Morgan fingerprint density at radius 1 is 1.25 bits per heavy atom. The Bertz CT molecular complexity index is 539. The second-order valence-corrected chi connectivity index (χ2v) is 3.55. The molecule has 16 heavy (non-hydrogen) atoms. The molecule has 1 aromatic rings. The van der Waals surface area contributed by atoms with E-state index in [0.717, 1.165) is 4.57 Å². The molecule has 6 nitrogen and oxygen atoms in total. The summed E-state index contributed by atoms with van der Waals surface area (Å²) in [7, 11) is 2.95. The predicted molar refractivity (Wildman–Crippen MR) is 57.1 cm³/mol. The smallest absolute Gasteiger partial charge is 0.330 e. The molecule has 0 saturated heterocycles. The van der Waals surface area contributed by atoms with Crippen molar-refractivity contribution in [3.63, 3.8) is 0 Å². The first-order valence-corrected chi connectivity index (χ1v) is 4.75. The number of aromatic nitrogens is 2. The second kappa shape index (κ2) is 4.34. The lowest BCUT2D eigenvalue weighted by molar-refractivity contribution is -0.142. The SMILES string of the molecule is CC(=O)OCc1c(C)n(C)c(=O)n(C)c1=O. The first kappa shape index (κ1) is 12.2. The summed E-state index contributed by atoms with van der Waals surface area (Å²) in [6.07, 6.45) is 0. The molecule has 0 aromatic carbocycles. The van der Waals surface area contributed by atoms with Crippen LogP contribution in [0.1, 0.15) is 18.2 Å². The fraction of sp³-hybridized carbons (Fsp3) is 0.500. The van der Waals surface area contributed by atoms with Gasteiger partial charge in [-0.25, -0.2) is 4.79 Å². The van der Waals surface area contributed by atoms with Crippen LogP contribution in [0.15, 0.2) is 9.59 Å². The van der Waals surface area contributed by atoms with Gasteiger partial charge >= 0.3 is 11.7 Å². The number of carbonyl (C=O) groups excluding carboxylic acids is 1. The average molecular weight is 226 g/mol. The number of rotatable bonds is 2. The van der Waals surface area contributed by atoms with Crippen molar-refractivity contribution in [3.8, 4) is 0 Å². The fourth-order valence-electron chi connectivity index (χ4n) is 1.35. The van der Waals surface area contributed by atoms with E-state index in [-0.39, 0.29) is 6.61 Å². The van der Waals surface area contributed by atoms with Crippen LogP contribution in [0.4, 0.5) is 0 Å². The normalized spacial score (nSPS) is 10.2. The summed E-state index contributed by atoms with van der Waals surface area (Å²) < 4.78 is 7.11. The molecule has 0 atom stereocenters. The van der Waals surface area contributed by atoms with Gasteiger partial charge in [0.05, 0.1) is 5.56 Å². The molecule has 0 unspecified atom stereocenters. The third kappa shape index (κ3) is 2.05. The van der Waals surface area contributed by atoms with E-state index in [4.69, 9.17) is 4.74 Å². The zero-order valence-electron chi connectivity index (χ0n) is 9.73. The Morgan fingerprint density at radius 2 is 1.81 bits per heavy atom. The summed E-state index contributed by atoms with van der Waals surface area (Å²) in [6, 6.07) is 0. The van der Waals surface area contributed by atoms with Gasteiger partial charge in [0.2, 0.25) is 0 Å². The zero-order chi connectivity index (χ0) is 12.5. The van der Waals surface area contributed by atoms with Crippen molar-refractivity contribution in [2.24, 2.45) is 14.1 Å². The molecule has 1 aromatic heterocycles. The lowest BCUT2D eigenvalue weighted by atomic mass is 10.2. The first-order valence-electron chi connectivity index (χ1n) is 4.75. The molecular weight excluding hydrogens is 212 g/mol. The molecule has 88 valence electrons. The molecule has 0 aliphatic rings. The van der Waals surface area contributed by atoms with E-state index >= 15 is 0 Å². The number of hydrogen-bond donors (Lipinski definition) is 0. The van der Waals surface area contributed by atoms with Crippen LogP contribution in [0, 0.1) is 6.92 Å². The van der Waals surface area contributed by atoms with Gasteiger partial charge in [-0.2, -0.15) is 0 Å². The van der Waals surface area contributed by atoms with Crippen molar-refractivity contribution in [2.45, 2.75) is 20.5 Å². The van der Waals surface area contributed by atoms with Crippen LogP contribution in [-0.4, -0.2) is 15.1 Å². The number of esters is 1. The van der Waals surface area contributed by atoms with E-state index in [9.17, 15) is 14.4 Å². The highest BCUT2D eigenvalue weighted by molar-refractivity contribution is 5.65. The van der Waals surface area contributed by atoms with Crippen molar-refractivity contribution < 1.29 is 9.53 Å². The van der Waals surface area contributed by atoms with Crippen molar-refractivity contribution in [3.05, 3.63) is 32.1 Å². The maximum Gasteiger partial charge on any atom is 0.330 e. The molecule has 0 spiro atoms. The van der Waals surface area contributed by atoms with E-state index in [1.54, 1.807) is 14.0 Å². The van der Waals surface area contributed by atoms with E-state index < -0.39 is 17.2 Å². The van der Waals surface area contributed by atoms with Gasteiger partial charge in [-0.05, 0) is 6.92 Å². The average Bonchev–Trinajstić information content (AvgIpc) is 2.23. The molecule has 0 amide bonds. The minimum Gasteiger partial charge on any atom is -0.461 e. The molecule has 0 aliphatic heterocycles. The Balaban J connectivity index is 3.35. The van der Waals surface area contributed by atoms with E-state index in [0.29, 0.717) is 11.3 Å². The summed E-state index contributed by atoms with van der Waals surface area (Å²) in [4.78, 5) is 33.9. The Morgan fingerprint density at radius 3 is 2.31 bits per heavy atom. The van der Waals surface area contributed by atoms with Gasteiger partial charge in [-0.3, -0.25) is 14.2 Å². The lowest BCUT2D eigenvalue weighted by Crippen LogP contribution is -2.40. The topological polar surface area (TPSA) is 70.3 Å². The monoisotopic (exact) mass is 226 g/mol. The highest BCUT2D eigenvalue weighted by Gasteiger charge is 2.12. The predicted octanol–water partition coefficient (Wildman–Crippen LogP) is -0.544. The van der Waals surface area contributed by atoms with Gasteiger partial charge in [-0.1, -0.05) is 0 Å². The van der Waals surface area contributed by atoms with Gasteiger partial charge in [0.25, 0.3) is 5.56 Å². The molecule has 0 fully saturated rings. The highest BCUT2D eigenvalue weighted by Crippen LogP contribution is 2.00. The van der Waals surface area contributed by atoms with Gasteiger partial charge in [0.15, 0.2) is 0 Å². The standard InChI is InChI=1S/C10H14N2O4/c1-6-8(5-16-7(2)13)9(14)12(4)10(15)11(6)3/h5H2,1-4H3. The van der Waals surface area contributed by atoms with E-state index in [2.05, 4.69) is 0 Å². The van der Waals surface area contributed by atoms with Crippen LogP contribution < -0.4 is 11.2 Å². The minimum atomic E-state index is -0.463. The second-order valence-electron chi connectivity index (χ2n) is 3.55. The van der Waals surface area contributed by atoms with Crippen molar-refractivity contribution in [2.75, 3.05) is 0 Å². The van der Waals surface area contributed by atoms with Crippen molar-refractivity contribution in [1.82, 2.24) is 9.13 Å². The molecule has 0 radical (unpaired) electrons.